The summed E-state index contributed by atoms with van der Waals surface area (Å²) in [5, 5.41) is 14.0. The molecule has 2 aromatic carbocycles. The minimum atomic E-state index is -0.393. The zero-order chi connectivity index (χ0) is 18.6. The molecule has 0 fully saturated rings. The van der Waals surface area contributed by atoms with Crippen LogP contribution in [0, 0.1) is 17.0 Å². The monoisotopic (exact) mass is 336 g/mol. The fourth-order valence-corrected chi connectivity index (χ4v) is 2.53. The summed E-state index contributed by atoms with van der Waals surface area (Å²) in [7, 11) is 0. The summed E-state index contributed by atoms with van der Waals surface area (Å²) in [5.74, 6) is 0. The van der Waals surface area contributed by atoms with Crippen molar-refractivity contribution in [1.29, 1.82) is 0 Å². The fraction of sp³-hybridized carbons (Fsp3) is 0.238. The second-order valence-electron chi connectivity index (χ2n) is 6.41. The van der Waals surface area contributed by atoms with Gasteiger partial charge in [-0.05, 0) is 61.6 Å². The molecule has 130 valence electrons. The van der Waals surface area contributed by atoms with Crippen molar-refractivity contribution in [2.24, 2.45) is 0 Å². The molecule has 0 bridgehead atoms. The molecule has 0 aliphatic rings. The summed E-state index contributed by atoms with van der Waals surface area (Å²) in [6.07, 6.45) is 0. The van der Waals surface area contributed by atoms with Gasteiger partial charge in [0, 0.05) is 24.4 Å². The van der Waals surface area contributed by atoms with Gasteiger partial charge in [0.05, 0.1) is 4.92 Å². The van der Waals surface area contributed by atoms with Gasteiger partial charge < -0.3 is 5.32 Å². The van der Waals surface area contributed by atoms with Gasteiger partial charge in [-0.25, -0.2) is 0 Å². The van der Waals surface area contributed by atoms with Gasteiger partial charge in [0.25, 0.3) is 5.69 Å². The normalized spacial score (nSPS) is 10.2. The van der Waals surface area contributed by atoms with Crippen LogP contribution in [0.5, 0.6) is 0 Å². The number of rotatable bonds is 6. The third-order valence-corrected chi connectivity index (χ3v) is 4.39. The molecule has 0 saturated heterocycles. The molecular formula is C21H24N2O2. The highest BCUT2D eigenvalue weighted by Gasteiger charge is 2.07. The minimum absolute atomic E-state index is 0.1000. The van der Waals surface area contributed by atoms with Crippen molar-refractivity contribution in [3.63, 3.8) is 0 Å². The third kappa shape index (κ3) is 4.57. The Balaban J connectivity index is 2.12. The molecule has 4 nitrogen and oxygen atoms in total. The predicted molar refractivity (Wildman–Crippen MR) is 104 cm³/mol. The highest BCUT2D eigenvalue weighted by Crippen LogP contribution is 2.25. The molecule has 0 heterocycles. The van der Waals surface area contributed by atoms with Gasteiger partial charge in [0.15, 0.2) is 0 Å². The van der Waals surface area contributed by atoms with Crippen LogP contribution in [0.3, 0.4) is 0 Å². The van der Waals surface area contributed by atoms with E-state index in [1.807, 2.05) is 0 Å². The first-order chi connectivity index (χ1) is 11.8. The molecule has 0 aliphatic heterocycles. The lowest BCUT2D eigenvalue weighted by Gasteiger charge is -2.14. The van der Waals surface area contributed by atoms with Crippen LogP contribution in [-0.4, -0.2) is 4.92 Å². The number of hydrogen-bond acceptors (Lipinski definition) is 3. The molecular weight excluding hydrogens is 312 g/mol. The van der Waals surface area contributed by atoms with Crippen molar-refractivity contribution < 1.29 is 4.92 Å². The van der Waals surface area contributed by atoms with Crippen molar-refractivity contribution in [3.05, 3.63) is 87.0 Å². The Morgan fingerprint density at radius 2 is 1.76 bits per heavy atom. The summed E-state index contributed by atoms with van der Waals surface area (Å²) < 4.78 is 0. The lowest BCUT2D eigenvalue weighted by Crippen LogP contribution is -2.11. The van der Waals surface area contributed by atoms with E-state index >= 15 is 0 Å². The predicted octanol–water partition coefficient (Wildman–Crippen LogP) is 5.48. The Labute approximate surface area is 149 Å². The van der Waals surface area contributed by atoms with Gasteiger partial charge in [-0.3, -0.25) is 10.1 Å². The van der Waals surface area contributed by atoms with Gasteiger partial charge in [0.1, 0.15) is 0 Å². The Kier molecular flexibility index (Phi) is 5.75. The Hall–Kier alpha value is -2.88. The summed E-state index contributed by atoms with van der Waals surface area (Å²) in [4.78, 5) is 10.3. The minimum Gasteiger partial charge on any atom is -0.381 e. The maximum absolute atomic E-state index is 10.7. The summed E-state index contributed by atoms with van der Waals surface area (Å²) in [6, 6.07) is 12.9. The zero-order valence-electron chi connectivity index (χ0n) is 15.2. The molecule has 0 atom stereocenters. The van der Waals surface area contributed by atoms with Crippen molar-refractivity contribution in [3.8, 4) is 0 Å². The second kappa shape index (κ2) is 7.79. The molecule has 4 heteroatoms. The van der Waals surface area contributed by atoms with E-state index in [1.54, 1.807) is 12.1 Å². The number of nitrogens with one attached hydrogen (secondary N) is 1. The first-order valence-electron chi connectivity index (χ1n) is 8.21. The van der Waals surface area contributed by atoms with Gasteiger partial charge in [0.2, 0.25) is 0 Å². The Morgan fingerprint density at radius 1 is 1.12 bits per heavy atom. The number of aryl methyl sites for hydroxylation is 1. The lowest BCUT2D eigenvalue weighted by molar-refractivity contribution is -0.384. The van der Waals surface area contributed by atoms with Crippen LogP contribution in [0.15, 0.2) is 54.6 Å². The number of non-ortho nitro benzene ring substituents is 1. The van der Waals surface area contributed by atoms with Crippen LogP contribution in [-0.2, 0) is 6.54 Å². The van der Waals surface area contributed by atoms with Gasteiger partial charge >= 0.3 is 0 Å². The molecule has 0 saturated carbocycles. The second-order valence-corrected chi connectivity index (χ2v) is 6.41. The topological polar surface area (TPSA) is 55.2 Å². The first-order valence-corrected chi connectivity index (χ1v) is 8.21. The Bertz CT molecular complexity index is 829. The van der Waals surface area contributed by atoms with Crippen molar-refractivity contribution in [1.82, 2.24) is 5.32 Å². The van der Waals surface area contributed by atoms with Crippen LogP contribution >= 0.6 is 0 Å². The molecule has 2 aromatic rings. The van der Waals surface area contributed by atoms with E-state index < -0.39 is 4.92 Å². The molecule has 1 N–H and O–H groups in total. The van der Waals surface area contributed by atoms with Crippen LogP contribution in [0.4, 0.5) is 5.69 Å². The van der Waals surface area contributed by atoms with E-state index in [0.29, 0.717) is 6.54 Å². The van der Waals surface area contributed by atoms with E-state index in [9.17, 15) is 10.1 Å². The van der Waals surface area contributed by atoms with Crippen molar-refractivity contribution in [2.45, 2.75) is 34.2 Å². The van der Waals surface area contributed by atoms with Gasteiger partial charge in [-0.2, -0.15) is 0 Å². The lowest BCUT2D eigenvalue weighted by atomic mass is 9.95. The van der Waals surface area contributed by atoms with E-state index in [0.717, 1.165) is 16.8 Å². The van der Waals surface area contributed by atoms with Crippen molar-refractivity contribution >= 4 is 17.0 Å². The van der Waals surface area contributed by atoms with Gasteiger partial charge in [-0.1, -0.05) is 36.4 Å². The molecule has 0 radical (unpaired) electrons. The standard InChI is InChI=1S/C21H24N2O2/c1-14(2)16(4)21-12-19(9-6-15(21)3)17(5)22-13-18-7-10-20(11-8-18)23(24)25/h6-12,22H,5,13H2,1-4H3. The van der Waals surface area contributed by atoms with Crippen LogP contribution in [0.2, 0.25) is 0 Å². The number of allylic oxidation sites excluding steroid dienone is 2. The molecule has 0 aromatic heterocycles. The van der Waals surface area contributed by atoms with E-state index in [-0.39, 0.29) is 5.69 Å². The molecule has 25 heavy (non-hydrogen) atoms. The summed E-state index contributed by atoms with van der Waals surface area (Å²) >= 11 is 0. The smallest absolute Gasteiger partial charge is 0.269 e. The van der Waals surface area contributed by atoms with E-state index in [4.69, 9.17) is 0 Å². The number of nitro benzene ring substituents is 1. The first kappa shape index (κ1) is 18.5. The van der Waals surface area contributed by atoms with Crippen LogP contribution < -0.4 is 5.32 Å². The average molecular weight is 336 g/mol. The molecule has 0 unspecified atom stereocenters. The highest BCUT2D eigenvalue weighted by atomic mass is 16.6. The van der Waals surface area contributed by atoms with Crippen molar-refractivity contribution in [2.75, 3.05) is 0 Å². The third-order valence-electron chi connectivity index (χ3n) is 4.39. The number of hydrogen-bond donors (Lipinski definition) is 1. The maximum Gasteiger partial charge on any atom is 0.269 e. The van der Waals surface area contributed by atoms with Crippen LogP contribution in [0.25, 0.3) is 11.3 Å². The number of nitro groups is 1. The average Bonchev–Trinajstić information content (AvgIpc) is 2.59. The SMILES string of the molecule is C=C(NCc1ccc([N+](=O)[O-])cc1)c1ccc(C)c(C(C)=C(C)C)c1. The number of benzene rings is 2. The quantitative estimate of drug-likeness (QED) is 0.561. The van der Waals surface area contributed by atoms with E-state index in [2.05, 4.69) is 57.8 Å². The van der Waals surface area contributed by atoms with Crippen LogP contribution in [0.1, 0.15) is 43.0 Å². The molecule has 0 spiro atoms. The molecule has 0 aliphatic carbocycles. The summed E-state index contributed by atoms with van der Waals surface area (Å²) in [5.41, 5.74) is 8.00. The Morgan fingerprint density at radius 3 is 2.32 bits per heavy atom. The highest BCUT2D eigenvalue weighted by molar-refractivity contribution is 5.73. The van der Waals surface area contributed by atoms with Gasteiger partial charge in [-0.15, -0.1) is 0 Å². The number of nitrogens with zero attached hydrogens (tertiary/aromatic N) is 1. The molecule has 0 amide bonds. The maximum atomic E-state index is 10.7. The zero-order valence-corrected chi connectivity index (χ0v) is 15.2. The fourth-order valence-electron chi connectivity index (χ4n) is 2.53. The largest absolute Gasteiger partial charge is 0.381 e. The van der Waals surface area contributed by atoms with E-state index in [1.165, 1.54) is 34.4 Å². The summed E-state index contributed by atoms with van der Waals surface area (Å²) in [6.45, 7) is 13.2. The molecule has 2 rings (SSSR count).